The summed E-state index contributed by atoms with van der Waals surface area (Å²) < 4.78 is 6.74. The van der Waals surface area contributed by atoms with Crippen LogP contribution in [0.4, 0.5) is 0 Å². The van der Waals surface area contributed by atoms with Crippen LogP contribution in [0.1, 0.15) is 73.1 Å². The van der Waals surface area contributed by atoms with E-state index >= 15 is 0 Å². The lowest BCUT2D eigenvalue weighted by Crippen LogP contribution is -2.58. The second-order valence-electron chi connectivity index (χ2n) is 9.90. The number of carbonyl (C=O) groups excluding carboxylic acids is 1. The Morgan fingerprint density at radius 2 is 1.96 bits per heavy atom. The summed E-state index contributed by atoms with van der Waals surface area (Å²) in [6.45, 7) is 11.2. The molecule has 0 aromatic rings. The maximum absolute atomic E-state index is 11.2. The van der Waals surface area contributed by atoms with Gasteiger partial charge in [-0.2, -0.15) is 7.05 Å². The minimum atomic E-state index is -0.127. The molecule has 4 heteroatoms. The van der Waals surface area contributed by atoms with Crippen molar-refractivity contribution in [3.63, 3.8) is 0 Å². The molecule has 3 rings (SSSR count). The zero-order valence-electron chi connectivity index (χ0n) is 17.5. The summed E-state index contributed by atoms with van der Waals surface area (Å²) in [5.41, 5.74) is 1.18. The zero-order chi connectivity index (χ0) is 19.2. The Morgan fingerprint density at radius 3 is 2.62 bits per heavy atom. The monoisotopic (exact) mass is 361 g/mol. The Balaban J connectivity index is 1.86. The highest BCUT2D eigenvalue weighted by Crippen LogP contribution is 2.54. The zero-order valence-corrected chi connectivity index (χ0v) is 17.5. The van der Waals surface area contributed by atoms with Crippen molar-refractivity contribution in [3.05, 3.63) is 17.0 Å². The maximum Gasteiger partial charge on any atom is 0.207 e. The fourth-order valence-corrected chi connectivity index (χ4v) is 5.88. The molecule has 148 valence electrons. The molecular formula is C22H37N2O2-. The number of nitrogens with one attached hydrogen (secondary N) is 1. The molecule has 0 bridgehead atoms. The molecule has 1 heterocycles. The van der Waals surface area contributed by atoms with Gasteiger partial charge in [-0.15, -0.1) is 5.54 Å². The quantitative estimate of drug-likeness (QED) is 0.575. The third-order valence-corrected chi connectivity index (χ3v) is 7.90. The highest BCUT2D eigenvalue weighted by molar-refractivity contribution is 5.48. The van der Waals surface area contributed by atoms with Crippen LogP contribution in [0.15, 0.2) is 11.6 Å². The van der Waals surface area contributed by atoms with E-state index in [0.29, 0.717) is 17.8 Å². The Bertz CT molecular complexity index is 572. The van der Waals surface area contributed by atoms with Gasteiger partial charge in [-0.1, -0.05) is 25.5 Å². The van der Waals surface area contributed by atoms with E-state index in [1.165, 1.54) is 5.57 Å². The first-order chi connectivity index (χ1) is 12.1. The Morgan fingerprint density at radius 1 is 1.23 bits per heavy atom. The third-order valence-electron chi connectivity index (χ3n) is 7.90. The lowest BCUT2D eigenvalue weighted by molar-refractivity contribution is -0.123. The average molecular weight is 362 g/mol. The van der Waals surface area contributed by atoms with Crippen molar-refractivity contribution in [2.24, 2.45) is 17.8 Å². The van der Waals surface area contributed by atoms with Crippen molar-refractivity contribution in [3.8, 4) is 0 Å². The Hall–Kier alpha value is -0.870. The van der Waals surface area contributed by atoms with Gasteiger partial charge >= 0.3 is 0 Å². The number of rotatable bonds is 5. The molecule has 3 aliphatic rings. The molecule has 0 aromatic carbocycles. The van der Waals surface area contributed by atoms with Crippen LogP contribution in [0.25, 0.3) is 5.32 Å². The van der Waals surface area contributed by atoms with Gasteiger partial charge in [-0.25, -0.2) is 0 Å². The lowest BCUT2D eigenvalue weighted by Gasteiger charge is -2.54. The summed E-state index contributed by atoms with van der Waals surface area (Å²) >= 11 is 0. The van der Waals surface area contributed by atoms with Crippen LogP contribution in [0.3, 0.4) is 0 Å². The molecule has 1 saturated heterocycles. The number of hydrogen-bond acceptors (Lipinski definition) is 2. The number of carbonyl (C=O) groups is 1. The van der Waals surface area contributed by atoms with Gasteiger partial charge in [0.15, 0.2) is 0 Å². The number of ether oxygens (including phenoxy) is 1. The first kappa shape index (κ1) is 19.9. The molecule has 6 atom stereocenters. The lowest BCUT2D eigenvalue weighted by atomic mass is 9.56. The number of fused-ring (bicyclic) bond motifs is 1. The number of allylic oxidation sites excluding steroid dienone is 2. The van der Waals surface area contributed by atoms with E-state index in [9.17, 15) is 4.79 Å². The summed E-state index contributed by atoms with van der Waals surface area (Å²) in [5, 5.41) is 7.74. The summed E-state index contributed by atoms with van der Waals surface area (Å²) in [6, 6.07) is 0. The predicted molar refractivity (Wildman–Crippen MR) is 106 cm³/mol. The van der Waals surface area contributed by atoms with Crippen LogP contribution in [0, 0.1) is 17.8 Å². The van der Waals surface area contributed by atoms with Gasteiger partial charge in [0, 0.05) is 11.6 Å². The second kappa shape index (κ2) is 6.94. The van der Waals surface area contributed by atoms with Crippen LogP contribution >= 0.6 is 0 Å². The fourth-order valence-electron chi connectivity index (χ4n) is 5.88. The fraction of sp³-hybridized carbons (Fsp3) is 0.864. The van der Waals surface area contributed by atoms with Gasteiger partial charge in [0.2, 0.25) is 6.41 Å². The Labute approximate surface area is 159 Å². The van der Waals surface area contributed by atoms with Gasteiger partial charge in [0.1, 0.15) is 0 Å². The number of hydrogen-bond donors (Lipinski definition) is 1. The highest BCUT2D eigenvalue weighted by atomic mass is 16.5. The number of amides is 1. The SMILES string of the molecule is C[N-]C(C)(C)C1CCC(C)(C2CCC(C)(NC=O)C3CCC(C)=CC32)O1. The average Bonchev–Trinajstić information content (AvgIpc) is 2.99. The summed E-state index contributed by atoms with van der Waals surface area (Å²) in [4.78, 5) is 11.2. The van der Waals surface area contributed by atoms with Crippen molar-refractivity contribution >= 4 is 6.41 Å². The van der Waals surface area contributed by atoms with E-state index in [1.54, 1.807) is 0 Å². The molecule has 0 radical (unpaired) electrons. The normalized spacial score (nSPS) is 43.5. The smallest absolute Gasteiger partial charge is 0.207 e. The third kappa shape index (κ3) is 3.35. The molecule has 1 N–H and O–H groups in total. The molecular weight excluding hydrogens is 324 g/mol. The van der Waals surface area contributed by atoms with Crippen molar-refractivity contribution in [2.45, 2.75) is 95.9 Å². The van der Waals surface area contributed by atoms with E-state index in [2.05, 4.69) is 51.3 Å². The molecule has 1 aliphatic heterocycles. The van der Waals surface area contributed by atoms with E-state index in [1.807, 2.05) is 7.05 Å². The summed E-state index contributed by atoms with van der Waals surface area (Å²) in [5.74, 6) is 1.50. The molecule has 26 heavy (non-hydrogen) atoms. The summed E-state index contributed by atoms with van der Waals surface area (Å²) in [6.07, 6.45) is 10.2. The molecule has 2 aliphatic carbocycles. The van der Waals surface area contributed by atoms with Gasteiger partial charge in [-0.05, 0) is 77.0 Å². The van der Waals surface area contributed by atoms with Gasteiger partial charge in [0.05, 0.1) is 5.60 Å². The molecule has 0 aromatic heterocycles. The second-order valence-corrected chi connectivity index (χ2v) is 9.90. The van der Waals surface area contributed by atoms with Crippen molar-refractivity contribution < 1.29 is 9.53 Å². The molecule has 2 fully saturated rings. The highest BCUT2D eigenvalue weighted by Gasteiger charge is 2.54. The van der Waals surface area contributed by atoms with Gasteiger partial charge in [-0.3, -0.25) is 4.79 Å². The molecule has 1 saturated carbocycles. The Kier molecular flexibility index (Phi) is 5.31. The number of nitrogens with zero attached hydrogens (tertiary/aromatic N) is 1. The number of likely N-dealkylation sites (N-methyl/N-ethyl adjacent to an activating group) is 1. The van der Waals surface area contributed by atoms with Gasteiger partial charge < -0.3 is 15.4 Å². The minimum absolute atomic E-state index is 0.0908. The molecule has 0 spiro atoms. The maximum atomic E-state index is 11.2. The van der Waals surface area contributed by atoms with E-state index in [0.717, 1.165) is 44.9 Å². The first-order valence-electron chi connectivity index (χ1n) is 10.3. The molecule has 1 amide bonds. The molecule has 6 unspecified atom stereocenters. The van der Waals surface area contributed by atoms with Crippen LogP contribution < -0.4 is 5.32 Å². The topological polar surface area (TPSA) is 52.4 Å². The van der Waals surface area contributed by atoms with E-state index in [4.69, 9.17) is 4.74 Å². The van der Waals surface area contributed by atoms with E-state index < -0.39 is 0 Å². The van der Waals surface area contributed by atoms with Crippen LogP contribution in [0.2, 0.25) is 0 Å². The first-order valence-corrected chi connectivity index (χ1v) is 10.3. The van der Waals surface area contributed by atoms with Crippen molar-refractivity contribution in [1.82, 2.24) is 5.32 Å². The van der Waals surface area contributed by atoms with Crippen LogP contribution in [-0.4, -0.2) is 36.2 Å². The van der Waals surface area contributed by atoms with E-state index in [-0.39, 0.29) is 22.8 Å². The summed E-state index contributed by atoms with van der Waals surface area (Å²) in [7, 11) is 1.90. The van der Waals surface area contributed by atoms with Crippen LogP contribution in [0.5, 0.6) is 0 Å². The minimum Gasteiger partial charge on any atom is -0.658 e. The molecule has 4 nitrogen and oxygen atoms in total. The van der Waals surface area contributed by atoms with Crippen LogP contribution in [-0.2, 0) is 9.53 Å². The van der Waals surface area contributed by atoms with Crippen molar-refractivity contribution in [2.75, 3.05) is 7.05 Å². The standard InChI is InChI=1S/C22H37N2O2/c1-15-7-8-17-16(13-15)18(9-11-21(17,4)24-14-25)22(5)12-10-19(26-22)20(2,3)23-6/h13-14,16-19H,7-12H2,1-6H3,(H,24,25)/q-1. The predicted octanol–water partition coefficient (Wildman–Crippen LogP) is 4.59. The largest absolute Gasteiger partial charge is 0.658 e. The van der Waals surface area contributed by atoms with Gasteiger partial charge in [0.25, 0.3) is 0 Å². The van der Waals surface area contributed by atoms with Crippen molar-refractivity contribution in [1.29, 1.82) is 0 Å².